The van der Waals surface area contributed by atoms with Crippen LogP contribution in [0.3, 0.4) is 0 Å². The van der Waals surface area contributed by atoms with Crippen LogP contribution in [0.4, 0.5) is 5.82 Å². The standard InChI is InChI=1S/C26H28ClN9O2/c1-18-19(2-5-24(31-18)34-8-6-26(15-34)7-9-38-16-26)13-35-14-21(12-30-35)25(37)28-11-20-10-22(27)3-4-23(20)36-17-29-32-33-36/h2-5,10,12,14,17H,6-9,11,13,15-16H2,1H3,(H,28,37). The molecule has 1 aromatic carbocycles. The van der Waals surface area contributed by atoms with Crippen molar-refractivity contribution in [3.8, 4) is 5.69 Å². The van der Waals surface area contributed by atoms with Crippen molar-refractivity contribution in [1.29, 1.82) is 0 Å². The molecule has 1 atom stereocenters. The number of tetrazole rings is 1. The molecule has 2 aliphatic rings. The van der Waals surface area contributed by atoms with Gasteiger partial charge < -0.3 is 15.0 Å². The SMILES string of the molecule is Cc1nc(N2CCC3(CCOC3)C2)ccc1Cn1cc(C(=O)NCc2cc(Cl)ccc2-n2cnnn2)cn1. The molecule has 1 spiro atoms. The molecule has 0 radical (unpaired) electrons. The third-order valence-corrected chi connectivity index (χ3v) is 7.67. The normalized spacial score (nSPS) is 18.9. The topological polar surface area (TPSA) is 116 Å². The zero-order valence-electron chi connectivity index (χ0n) is 21.0. The number of hydrogen-bond donors (Lipinski definition) is 1. The Bertz CT molecular complexity index is 1450. The maximum Gasteiger partial charge on any atom is 0.254 e. The summed E-state index contributed by atoms with van der Waals surface area (Å²) in [5.74, 6) is 0.778. The summed E-state index contributed by atoms with van der Waals surface area (Å²) >= 11 is 6.18. The van der Waals surface area contributed by atoms with E-state index in [0.29, 0.717) is 22.5 Å². The molecular formula is C26H28ClN9O2. The molecule has 0 saturated carbocycles. The first-order chi connectivity index (χ1) is 18.5. The number of aromatic nitrogens is 7. The molecule has 11 nitrogen and oxygen atoms in total. The van der Waals surface area contributed by atoms with E-state index in [0.717, 1.165) is 67.5 Å². The number of halogens is 1. The van der Waals surface area contributed by atoms with Gasteiger partial charge in [0.2, 0.25) is 0 Å². The minimum atomic E-state index is -0.233. The van der Waals surface area contributed by atoms with E-state index in [9.17, 15) is 4.79 Å². The van der Waals surface area contributed by atoms with Crippen LogP contribution in [0, 0.1) is 12.3 Å². The van der Waals surface area contributed by atoms with Gasteiger partial charge in [0.25, 0.3) is 5.91 Å². The van der Waals surface area contributed by atoms with E-state index in [1.807, 2.05) is 13.0 Å². The summed E-state index contributed by atoms with van der Waals surface area (Å²) in [7, 11) is 0. The lowest BCUT2D eigenvalue weighted by molar-refractivity contribution is 0.0951. The van der Waals surface area contributed by atoms with Gasteiger partial charge in [0.15, 0.2) is 0 Å². The maximum atomic E-state index is 12.9. The fraction of sp³-hybridized carbons (Fsp3) is 0.385. The molecule has 1 unspecified atom stereocenters. The second kappa shape index (κ2) is 10.1. The first kappa shape index (κ1) is 24.5. The lowest BCUT2D eigenvalue weighted by Crippen LogP contribution is -2.28. The highest BCUT2D eigenvalue weighted by Crippen LogP contribution is 2.39. The van der Waals surface area contributed by atoms with Crippen LogP contribution in [0.1, 0.15) is 40.0 Å². The molecule has 1 N–H and O–H groups in total. The van der Waals surface area contributed by atoms with Crippen LogP contribution in [-0.4, -0.2) is 67.2 Å². The van der Waals surface area contributed by atoms with Crippen molar-refractivity contribution in [2.45, 2.75) is 32.9 Å². The molecule has 2 aliphatic heterocycles. The summed E-state index contributed by atoms with van der Waals surface area (Å²) in [4.78, 5) is 20.1. The molecule has 6 rings (SSSR count). The molecule has 1 amide bonds. The molecule has 3 aromatic heterocycles. The highest BCUT2D eigenvalue weighted by molar-refractivity contribution is 6.30. The largest absolute Gasteiger partial charge is 0.381 e. The number of nitrogens with one attached hydrogen (secondary N) is 1. The van der Waals surface area contributed by atoms with E-state index in [2.05, 4.69) is 43.0 Å². The van der Waals surface area contributed by atoms with Gasteiger partial charge in [-0.1, -0.05) is 17.7 Å². The summed E-state index contributed by atoms with van der Waals surface area (Å²) < 4.78 is 8.94. The van der Waals surface area contributed by atoms with Crippen LogP contribution in [-0.2, 0) is 17.8 Å². The van der Waals surface area contributed by atoms with Crippen molar-refractivity contribution < 1.29 is 9.53 Å². The Balaban J connectivity index is 1.09. The Kier molecular flexibility index (Phi) is 6.54. The molecule has 2 fully saturated rings. The first-order valence-electron chi connectivity index (χ1n) is 12.6. The van der Waals surface area contributed by atoms with Gasteiger partial charge in [-0.25, -0.2) is 9.67 Å². The van der Waals surface area contributed by atoms with Crippen LogP contribution in [0.25, 0.3) is 5.69 Å². The number of anilines is 1. The molecular weight excluding hydrogens is 506 g/mol. The number of hydrogen-bond acceptors (Lipinski definition) is 8. The molecule has 4 aromatic rings. The zero-order chi connectivity index (χ0) is 26.1. The van der Waals surface area contributed by atoms with Gasteiger partial charge in [0.1, 0.15) is 12.1 Å². The van der Waals surface area contributed by atoms with E-state index >= 15 is 0 Å². The minimum absolute atomic E-state index is 0.233. The van der Waals surface area contributed by atoms with Crippen LogP contribution in [0.2, 0.25) is 5.02 Å². The quantitative estimate of drug-likeness (QED) is 0.385. The molecule has 0 bridgehead atoms. The number of carbonyl (C=O) groups is 1. The summed E-state index contributed by atoms with van der Waals surface area (Å²) in [5.41, 5.74) is 4.32. The van der Waals surface area contributed by atoms with E-state index in [1.54, 1.807) is 29.2 Å². The Hall–Kier alpha value is -3.83. The predicted octanol–water partition coefficient (Wildman–Crippen LogP) is 2.81. The molecule has 12 heteroatoms. The molecule has 2 saturated heterocycles. The third kappa shape index (κ3) is 4.99. The summed E-state index contributed by atoms with van der Waals surface area (Å²) in [6.07, 6.45) is 7.10. The molecule has 5 heterocycles. The van der Waals surface area contributed by atoms with Crippen molar-refractivity contribution in [3.63, 3.8) is 0 Å². The number of nitrogens with zero attached hydrogens (tertiary/aromatic N) is 8. The Morgan fingerprint density at radius 1 is 1.21 bits per heavy atom. The number of ether oxygens (including phenoxy) is 1. The van der Waals surface area contributed by atoms with Crippen molar-refractivity contribution in [1.82, 2.24) is 40.3 Å². The number of benzene rings is 1. The summed E-state index contributed by atoms with van der Waals surface area (Å²) in [6, 6.07) is 9.54. The van der Waals surface area contributed by atoms with Crippen molar-refractivity contribution in [3.05, 3.63) is 76.5 Å². The third-order valence-electron chi connectivity index (χ3n) is 7.43. The fourth-order valence-electron chi connectivity index (χ4n) is 5.23. The zero-order valence-corrected chi connectivity index (χ0v) is 21.8. The van der Waals surface area contributed by atoms with E-state index in [-0.39, 0.29) is 12.5 Å². The van der Waals surface area contributed by atoms with Crippen molar-refractivity contribution in [2.75, 3.05) is 31.2 Å². The highest BCUT2D eigenvalue weighted by Gasteiger charge is 2.41. The van der Waals surface area contributed by atoms with Crippen molar-refractivity contribution >= 4 is 23.3 Å². The van der Waals surface area contributed by atoms with Gasteiger partial charge in [0.05, 0.1) is 30.6 Å². The van der Waals surface area contributed by atoms with E-state index < -0.39 is 0 Å². The Labute approximate surface area is 224 Å². The minimum Gasteiger partial charge on any atom is -0.381 e. The van der Waals surface area contributed by atoms with E-state index in [1.165, 1.54) is 11.0 Å². The van der Waals surface area contributed by atoms with Crippen LogP contribution < -0.4 is 10.2 Å². The second-order valence-corrected chi connectivity index (χ2v) is 10.5. The van der Waals surface area contributed by atoms with Crippen LogP contribution in [0.5, 0.6) is 0 Å². The second-order valence-electron chi connectivity index (χ2n) is 10.0. The number of aryl methyl sites for hydroxylation is 1. The molecule has 196 valence electrons. The van der Waals surface area contributed by atoms with Gasteiger partial charge in [-0.3, -0.25) is 9.48 Å². The van der Waals surface area contributed by atoms with Crippen molar-refractivity contribution in [2.24, 2.45) is 5.41 Å². The van der Waals surface area contributed by atoms with Crippen LogP contribution >= 0.6 is 11.6 Å². The number of carbonyl (C=O) groups excluding carboxylic acids is 1. The summed E-state index contributed by atoms with van der Waals surface area (Å²) in [5, 5.41) is 19.2. The number of amides is 1. The van der Waals surface area contributed by atoms with E-state index in [4.69, 9.17) is 21.3 Å². The maximum absolute atomic E-state index is 12.9. The smallest absolute Gasteiger partial charge is 0.254 e. The fourth-order valence-corrected chi connectivity index (χ4v) is 5.43. The summed E-state index contributed by atoms with van der Waals surface area (Å²) in [6.45, 7) is 6.55. The van der Waals surface area contributed by atoms with Crippen LogP contribution in [0.15, 0.2) is 49.1 Å². The number of pyridine rings is 1. The predicted molar refractivity (Wildman–Crippen MR) is 140 cm³/mol. The lowest BCUT2D eigenvalue weighted by atomic mass is 9.87. The Morgan fingerprint density at radius 2 is 2.13 bits per heavy atom. The monoisotopic (exact) mass is 533 g/mol. The first-order valence-corrected chi connectivity index (χ1v) is 13.0. The average molecular weight is 534 g/mol. The van der Waals surface area contributed by atoms with Gasteiger partial charge in [0, 0.05) is 48.6 Å². The van der Waals surface area contributed by atoms with Gasteiger partial charge in [-0.15, -0.1) is 5.10 Å². The lowest BCUT2D eigenvalue weighted by Gasteiger charge is -2.23. The molecule has 38 heavy (non-hydrogen) atoms. The van der Waals surface area contributed by atoms with Gasteiger partial charge in [-0.2, -0.15) is 5.10 Å². The highest BCUT2D eigenvalue weighted by atomic mass is 35.5. The van der Waals surface area contributed by atoms with Gasteiger partial charge in [-0.05, 0) is 65.6 Å². The van der Waals surface area contributed by atoms with Gasteiger partial charge >= 0.3 is 0 Å². The Morgan fingerprint density at radius 3 is 2.92 bits per heavy atom. The average Bonchev–Trinajstić information content (AvgIpc) is 3.73. The molecule has 0 aliphatic carbocycles. The number of rotatable bonds is 7.